The van der Waals surface area contributed by atoms with Crippen LogP contribution in [0.1, 0.15) is 158 Å². The van der Waals surface area contributed by atoms with Gasteiger partial charge in [-0.2, -0.15) is 0 Å². The van der Waals surface area contributed by atoms with Crippen molar-refractivity contribution in [2.45, 2.75) is 119 Å². The van der Waals surface area contributed by atoms with E-state index in [1.165, 1.54) is 32.1 Å². The largest absolute Gasteiger partial charge is 0.309 e. The molecule has 10 aromatic rings. The molecule has 0 bridgehead atoms. The second kappa shape index (κ2) is 17.1. The van der Waals surface area contributed by atoms with Gasteiger partial charge in [0.15, 0.2) is 0 Å². The Balaban J connectivity index is 0.832. The lowest BCUT2D eigenvalue weighted by Crippen LogP contribution is -2.29. The molecule has 0 saturated carbocycles. The Morgan fingerprint density at radius 3 is 0.795 bits per heavy atom. The fourth-order valence-electron chi connectivity index (χ4n) is 11.9. The highest BCUT2D eigenvalue weighted by Gasteiger charge is 2.39. The number of carbonyl (C=O) groups excluding carboxylic acids is 4. The van der Waals surface area contributed by atoms with Crippen molar-refractivity contribution in [1.29, 1.82) is 0 Å². The molecule has 0 fully saturated rings. The molecule has 4 amide bonds. The van der Waals surface area contributed by atoms with Crippen LogP contribution in [-0.4, -0.2) is 32.8 Å². The van der Waals surface area contributed by atoms with Crippen molar-refractivity contribution in [2.75, 3.05) is 9.80 Å². The standard InChI is InChI=1S/C70H66N4O4/c1-39-31-45(73-63(75)51-25-21-47(37-57(51)65(73)77)71-59-27-15-41(67(3,4)5)33-53(59)54-34-42(68(6,7)8)16-28-60(54)71)19-23-49(39)50-24-20-46(32-40(50)2)74-64(76)52-26-22-48(38-58(52)66(74)78)72-61-29-17-43(69(9,10)11)35-55(61)56-36-44(70(12,13)14)18-30-62(56)72/h15-38H,1-14H3. The molecule has 0 N–H and O–H groups in total. The second-order valence-electron chi connectivity index (χ2n) is 25.9. The molecule has 0 aliphatic carbocycles. The van der Waals surface area contributed by atoms with Gasteiger partial charge in [0.2, 0.25) is 0 Å². The molecule has 0 radical (unpaired) electrons. The summed E-state index contributed by atoms with van der Waals surface area (Å²) in [7, 11) is 0. The van der Waals surface area contributed by atoms with Crippen LogP contribution in [0.25, 0.3) is 66.1 Å². The van der Waals surface area contributed by atoms with Gasteiger partial charge in [-0.15, -0.1) is 0 Å². The fourth-order valence-corrected chi connectivity index (χ4v) is 11.9. The maximum atomic E-state index is 14.5. The summed E-state index contributed by atoms with van der Waals surface area (Å²) in [6.45, 7) is 30.6. The number of hydrogen-bond donors (Lipinski definition) is 0. The van der Waals surface area contributed by atoms with Crippen LogP contribution in [0.4, 0.5) is 11.4 Å². The zero-order valence-electron chi connectivity index (χ0n) is 47.3. The Kier molecular flexibility index (Phi) is 11.0. The summed E-state index contributed by atoms with van der Waals surface area (Å²) >= 11 is 0. The van der Waals surface area contributed by atoms with E-state index in [0.717, 1.165) is 77.2 Å². The number of fused-ring (bicyclic) bond motifs is 8. The van der Waals surface area contributed by atoms with Crippen LogP contribution in [0.3, 0.4) is 0 Å². The van der Waals surface area contributed by atoms with Crippen LogP contribution in [0, 0.1) is 13.8 Å². The van der Waals surface area contributed by atoms with Crippen molar-refractivity contribution >= 4 is 78.6 Å². The summed E-state index contributed by atoms with van der Waals surface area (Å²) in [5, 5.41) is 4.58. The number of nitrogens with zero attached hydrogens (tertiary/aromatic N) is 4. The predicted molar refractivity (Wildman–Crippen MR) is 320 cm³/mol. The van der Waals surface area contributed by atoms with E-state index in [0.29, 0.717) is 33.6 Å². The maximum Gasteiger partial charge on any atom is 0.266 e. The predicted octanol–water partition coefficient (Wildman–Crippen LogP) is 17.0. The van der Waals surface area contributed by atoms with Crippen molar-refractivity contribution in [1.82, 2.24) is 9.13 Å². The molecular weight excluding hydrogens is 961 g/mol. The molecule has 4 heterocycles. The molecule has 2 aliphatic heterocycles. The van der Waals surface area contributed by atoms with Gasteiger partial charge in [0, 0.05) is 32.9 Å². The van der Waals surface area contributed by atoms with Gasteiger partial charge < -0.3 is 9.13 Å². The number of rotatable bonds is 5. The van der Waals surface area contributed by atoms with Crippen LogP contribution >= 0.6 is 0 Å². The number of anilines is 2. The van der Waals surface area contributed by atoms with Crippen molar-refractivity contribution in [3.8, 4) is 22.5 Å². The number of aromatic nitrogens is 2. The van der Waals surface area contributed by atoms with E-state index < -0.39 is 0 Å². The number of amides is 4. The van der Waals surface area contributed by atoms with Gasteiger partial charge >= 0.3 is 0 Å². The molecule has 0 unspecified atom stereocenters. The molecule has 2 aliphatic rings. The third-order valence-corrected chi connectivity index (χ3v) is 16.5. The number of benzene rings is 8. The van der Waals surface area contributed by atoms with Gasteiger partial charge in [-0.05, 0) is 189 Å². The van der Waals surface area contributed by atoms with Crippen LogP contribution in [0.5, 0.6) is 0 Å². The molecule has 78 heavy (non-hydrogen) atoms. The molecule has 8 nitrogen and oxygen atoms in total. The van der Waals surface area contributed by atoms with Gasteiger partial charge in [-0.3, -0.25) is 19.2 Å². The normalized spacial score (nSPS) is 14.3. The average molecular weight is 1030 g/mol. The lowest BCUT2D eigenvalue weighted by atomic mass is 9.85. The van der Waals surface area contributed by atoms with E-state index in [1.54, 1.807) is 12.1 Å². The first kappa shape index (κ1) is 50.5. The maximum absolute atomic E-state index is 14.5. The summed E-state index contributed by atoms with van der Waals surface area (Å²) in [4.78, 5) is 59.9. The minimum Gasteiger partial charge on any atom is -0.309 e. The Bertz CT molecular complexity index is 3890. The summed E-state index contributed by atoms with van der Waals surface area (Å²) in [6, 6.07) is 49.1. The molecule has 12 rings (SSSR count). The summed E-state index contributed by atoms with van der Waals surface area (Å²) in [6.07, 6.45) is 0. The second-order valence-corrected chi connectivity index (χ2v) is 25.9. The van der Waals surface area contributed by atoms with Gasteiger partial charge in [-0.25, -0.2) is 9.80 Å². The first-order valence-corrected chi connectivity index (χ1v) is 27.2. The first-order valence-electron chi connectivity index (χ1n) is 27.2. The highest BCUT2D eigenvalue weighted by atomic mass is 16.2. The number of carbonyl (C=O) groups is 4. The van der Waals surface area contributed by atoms with Crippen LogP contribution < -0.4 is 9.80 Å². The summed E-state index contributed by atoms with van der Waals surface area (Å²) in [5.41, 5.74) is 16.5. The van der Waals surface area contributed by atoms with E-state index >= 15 is 0 Å². The molecule has 8 aromatic carbocycles. The highest BCUT2D eigenvalue weighted by molar-refractivity contribution is 6.35. The van der Waals surface area contributed by atoms with Gasteiger partial charge in [0.25, 0.3) is 23.6 Å². The molecule has 8 heteroatoms. The molecule has 0 spiro atoms. The quantitative estimate of drug-likeness (QED) is 0.161. The lowest BCUT2D eigenvalue weighted by Gasteiger charge is -2.19. The highest BCUT2D eigenvalue weighted by Crippen LogP contribution is 2.43. The fraction of sp³-hybridized carbons (Fsp3) is 0.257. The number of hydrogen-bond acceptors (Lipinski definition) is 4. The monoisotopic (exact) mass is 1030 g/mol. The smallest absolute Gasteiger partial charge is 0.266 e. The van der Waals surface area contributed by atoms with Gasteiger partial charge in [0.05, 0.1) is 55.7 Å². The minimum atomic E-state index is -0.372. The van der Waals surface area contributed by atoms with Gasteiger partial charge in [-0.1, -0.05) is 119 Å². The number of aryl methyl sites for hydroxylation is 2. The molecular formula is C70H66N4O4. The topological polar surface area (TPSA) is 84.6 Å². The van der Waals surface area contributed by atoms with Crippen LogP contribution in [0.2, 0.25) is 0 Å². The summed E-state index contributed by atoms with van der Waals surface area (Å²) in [5.74, 6) is -1.48. The zero-order chi connectivity index (χ0) is 55.4. The zero-order valence-corrected chi connectivity index (χ0v) is 47.3. The lowest BCUT2D eigenvalue weighted by molar-refractivity contribution is 0.0910. The van der Waals surface area contributed by atoms with Crippen molar-refractivity contribution in [2.24, 2.45) is 0 Å². The average Bonchev–Trinajstić information content (AvgIpc) is 4.26. The first-order chi connectivity index (χ1) is 36.7. The van der Waals surface area contributed by atoms with E-state index in [2.05, 4.69) is 165 Å². The van der Waals surface area contributed by atoms with Crippen LogP contribution in [0.15, 0.2) is 146 Å². The minimum absolute atomic E-state index is 0.0438. The van der Waals surface area contributed by atoms with Crippen molar-refractivity contribution in [3.63, 3.8) is 0 Å². The Morgan fingerprint density at radius 1 is 0.269 bits per heavy atom. The van der Waals surface area contributed by atoms with E-state index in [1.807, 2.05) is 74.5 Å². The molecule has 0 atom stereocenters. The molecule has 390 valence electrons. The summed E-state index contributed by atoms with van der Waals surface area (Å²) < 4.78 is 4.41. The van der Waals surface area contributed by atoms with E-state index in [9.17, 15) is 19.2 Å². The Hall–Kier alpha value is -8.36. The Labute approximate surface area is 456 Å². The third kappa shape index (κ3) is 7.85. The van der Waals surface area contributed by atoms with Crippen molar-refractivity contribution in [3.05, 3.63) is 201 Å². The molecule has 0 saturated heterocycles. The van der Waals surface area contributed by atoms with E-state index in [-0.39, 0.29) is 45.3 Å². The third-order valence-electron chi connectivity index (χ3n) is 16.5. The van der Waals surface area contributed by atoms with Gasteiger partial charge in [0.1, 0.15) is 0 Å². The SMILES string of the molecule is Cc1cc(N2C(=O)c3ccc(-n4c5ccc(C(C)(C)C)cc5c5cc(C(C)(C)C)ccc54)cc3C2=O)ccc1-c1ccc(N2C(=O)c3ccc(-n4c5ccc(C(C)(C)C)cc5c5cc(C(C)(C)C)ccc54)cc3C2=O)cc1C. The van der Waals surface area contributed by atoms with Crippen molar-refractivity contribution < 1.29 is 19.2 Å². The van der Waals surface area contributed by atoms with E-state index in [4.69, 9.17) is 0 Å². The number of imide groups is 2. The van der Waals surface area contributed by atoms with Crippen LogP contribution in [-0.2, 0) is 21.7 Å². The Morgan fingerprint density at radius 2 is 0.526 bits per heavy atom. The molecule has 2 aromatic heterocycles.